The van der Waals surface area contributed by atoms with Gasteiger partial charge in [-0.25, -0.2) is 0 Å². The van der Waals surface area contributed by atoms with Gasteiger partial charge >= 0.3 is 6.18 Å². The molecule has 1 heterocycles. The summed E-state index contributed by atoms with van der Waals surface area (Å²) in [5.41, 5.74) is -0.322. The minimum atomic E-state index is -4.51. The molecule has 0 unspecified atom stereocenters. The van der Waals surface area contributed by atoms with Gasteiger partial charge in [0.2, 0.25) is 0 Å². The summed E-state index contributed by atoms with van der Waals surface area (Å²) >= 11 is 14.5. The fraction of sp³-hybridized carbons (Fsp3) is 0.188. The number of halogens is 5. The third-order valence-corrected chi connectivity index (χ3v) is 4.26. The second-order valence-electron chi connectivity index (χ2n) is 4.93. The molecule has 0 spiro atoms. The number of rotatable bonds is 5. The molecule has 1 N–H and O–H groups in total. The average Bonchev–Trinajstić information content (AvgIpc) is 2.58. The molecule has 2 aromatic rings. The van der Waals surface area contributed by atoms with Gasteiger partial charge in [0.1, 0.15) is 23.5 Å². The SMILES string of the molecule is CON=C(CNC(=S)c1ccccc1C(F)(F)F)c1ncc(Br)cc1Cl. The van der Waals surface area contributed by atoms with E-state index in [0.29, 0.717) is 15.2 Å². The number of pyridine rings is 1. The van der Waals surface area contributed by atoms with E-state index in [2.05, 4.69) is 31.4 Å². The zero-order valence-corrected chi connectivity index (χ0v) is 16.4. The van der Waals surface area contributed by atoms with Crippen molar-refractivity contribution in [3.63, 3.8) is 0 Å². The van der Waals surface area contributed by atoms with Crippen molar-refractivity contribution in [1.29, 1.82) is 0 Å². The van der Waals surface area contributed by atoms with Crippen LogP contribution in [0.4, 0.5) is 13.2 Å². The Bertz CT molecular complexity index is 846. The lowest BCUT2D eigenvalue weighted by Gasteiger charge is -2.15. The third kappa shape index (κ3) is 5.15. The Kier molecular flexibility index (Phi) is 6.96. The van der Waals surface area contributed by atoms with Crippen LogP contribution in [-0.4, -0.2) is 29.3 Å². The second-order valence-corrected chi connectivity index (χ2v) is 6.66. The molecular weight excluding hydrogens is 455 g/mol. The number of oxime groups is 1. The van der Waals surface area contributed by atoms with Crippen LogP contribution in [0.15, 0.2) is 46.2 Å². The van der Waals surface area contributed by atoms with Crippen molar-refractivity contribution in [3.05, 3.63) is 62.8 Å². The predicted molar refractivity (Wildman–Crippen MR) is 102 cm³/mol. The summed E-state index contributed by atoms with van der Waals surface area (Å²) in [5.74, 6) is 0. The van der Waals surface area contributed by atoms with E-state index in [0.717, 1.165) is 6.07 Å². The quantitative estimate of drug-likeness (QED) is 0.389. The lowest BCUT2D eigenvalue weighted by molar-refractivity contribution is -0.137. The van der Waals surface area contributed by atoms with Crippen molar-refractivity contribution in [2.45, 2.75) is 6.18 Å². The van der Waals surface area contributed by atoms with Gasteiger partial charge in [0.25, 0.3) is 0 Å². The fourth-order valence-corrected chi connectivity index (χ4v) is 3.07. The van der Waals surface area contributed by atoms with E-state index in [1.165, 1.54) is 31.5 Å². The Morgan fingerprint density at radius 3 is 2.69 bits per heavy atom. The molecule has 0 amide bonds. The topological polar surface area (TPSA) is 46.5 Å². The van der Waals surface area contributed by atoms with Crippen LogP contribution in [0.1, 0.15) is 16.8 Å². The summed E-state index contributed by atoms with van der Waals surface area (Å²) in [4.78, 5) is 8.85. The van der Waals surface area contributed by atoms with Crippen molar-refractivity contribution in [3.8, 4) is 0 Å². The van der Waals surface area contributed by atoms with Crippen LogP contribution < -0.4 is 5.32 Å². The third-order valence-electron chi connectivity index (χ3n) is 3.18. The molecule has 2 rings (SSSR count). The van der Waals surface area contributed by atoms with Crippen molar-refractivity contribution in [1.82, 2.24) is 10.3 Å². The van der Waals surface area contributed by atoms with Gasteiger partial charge in [-0.2, -0.15) is 13.2 Å². The van der Waals surface area contributed by atoms with Crippen LogP contribution in [0.5, 0.6) is 0 Å². The molecule has 0 aliphatic heterocycles. The van der Waals surface area contributed by atoms with E-state index in [1.54, 1.807) is 6.07 Å². The molecule has 0 saturated carbocycles. The number of benzene rings is 1. The molecule has 0 atom stereocenters. The minimum Gasteiger partial charge on any atom is -0.399 e. The molecule has 1 aromatic heterocycles. The largest absolute Gasteiger partial charge is 0.417 e. The molecule has 0 aliphatic rings. The first-order valence-electron chi connectivity index (χ1n) is 7.10. The lowest BCUT2D eigenvalue weighted by Crippen LogP contribution is -2.31. The first-order valence-corrected chi connectivity index (χ1v) is 8.67. The van der Waals surface area contributed by atoms with Crippen molar-refractivity contribution >= 4 is 50.4 Å². The molecule has 0 bridgehead atoms. The van der Waals surface area contributed by atoms with Crippen LogP contribution in [0, 0.1) is 0 Å². The number of nitrogens with one attached hydrogen (secondary N) is 1. The zero-order chi connectivity index (χ0) is 19.3. The monoisotopic (exact) mass is 465 g/mol. The summed E-state index contributed by atoms with van der Waals surface area (Å²) in [6.45, 7) is -0.0206. The van der Waals surface area contributed by atoms with E-state index >= 15 is 0 Å². The predicted octanol–water partition coefficient (Wildman–Crippen LogP) is 4.83. The highest BCUT2D eigenvalue weighted by molar-refractivity contribution is 9.10. The summed E-state index contributed by atoms with van der Waals surface area (Å²) in [5, 5.41) is 6.88. The molecule has 0 fully saturated rings. The van der Waals surface area contributed by atoms with E-state index in [-0.39, 0.29) is 22.8 Å². The standard InChI is InChI=1S/C16H12BrClF3N3OS/c1-25-24-13(14-12(18)6-9(17)7-22-14)8-23-15(26)10-4-2-3-5-11(10)16(19,20)21/h2-7H,8H2,1H3,(H,23,26). The molecule has 138 valence electrons. The molecule has 4 nitrogen and oxygen atoms in total. The number of nitrogens with zero attached hydrogens (tertiary/aromatic N) is 2. The Morgan fingerprint density at radius 2 is 2.08 bits per heavy atom. The van der Waals surface area contributed by atoms with E-state index in [1.807, 2.05) is 0 Å². The number of aromatic nitrogens is 1. The minimum absolute atomic E-state index is 0.0206. The van der Waals surface area contributed by atoms with Crippen molar-refractivity contribution in [2.75, 3.05) is 13.7 Å². The van der Waals surface area contributed by atoms with Crippen molar-refractivity contribution < 1.29 is 18.0 Å². The molecular formula is C16H12BrClF3N3OS. The number of alkyl halides is 3. The van der Waals surface area contributed by atoms with Crippen molar-refractivity contribution in [2.24, 2.45) is 5.16 Å². The average molecular weight is 467 g/mol. The second kappa shape index (κ2) is 8.79. The van der Waals surface area contributed by atoms with Crippen LogP contribution in [-0.2, 0) is 11.0 Å². The molecule has 10 heteroatoms. The highest BCUT2D eigenvalue weighted by Crippen LogP contribution is 2.32. The van der Waals surface area contributed by atoms with Crippen LogP contribution in [0.25, 0.3) is 0 Å². The maximum Gasteiger partial charge on any atom is 0.417 e. The van der Waals surface area contributed by atoms with Gasteiger partial charge in [0.05, 0.1) is 17.1 Å². The molecule has 26 heavy (non-hydrogen) atoms. The highest BCUT2D eigenvalue weighted by Gasteiger charge is 2.33. The first kappa shape index (κ1) is 20.6. The Labute approximate surface area is 166 Å². The van der Waals surface area contributed by atoms with Gasteiger partial charge in [-0.05, 0) is 28.1 Å². The van der Waals surface area contributed by atoms with Crippen LogP contribution in [0.3, 0.4) is 0 Å². The molecule has 0 radical (unpaired) electrons. The summed E-state index contributed by atoms with van der Waals surface area (Å²) in [6.07, 6.45) is -2.99. The molecule has 1 aromatic carbocycles. The number of hydrogen-bond donors (Lipinski definition) is 1. The van der Waals surface area contributed by atoms with Gasteiger partial charge in [0.15, 0.2) is 0 Å². The smallest absolute Gasteiger partial charge is 0.399 e. The van der Waals surface area contributed by atoms with E-state index in [4.69, 9.17) is 28.7 Å². The van der Waals surface area contributed by atoms with Gasteiger partial charge < -0.3 is 10.2 Å². The Morgan fingerprint density at radius 1 is 1.38 bits per heavy atom. The number of hydrogen-bond acceptors (Lipinski definition) is 4. The lowest BCUT2D eigenvalue weighted by atomic mass is 10.1. The maximum atomic E-state index is 13.1. The number of thiocarbonyl (C=S) groups is 1. The fourth-order valence-electron chi connectivity index (χ4n) is 2.08. The Balaban J connectivity index is 2.23. The van der Waals surface area contributed by atoms with Gasteiger partial charge in [-0.1, -0.05) is 47.2 Å². The van der Waals surface area contributed by atoms with Gasteiger partial charge in [-0.3, -0.25) is 4.98 Å². The Hall–Kier alpha value is -1.71. The van der Waals surface area contributed by atoms with Gasteiger partial charge in [-0.15, -0.1) is 0 Å². The zero-order valence-electron chi connectivity index (χ0n) is 13.3. The van der Waals surface area contributed by atoms with E-state index in [9.17, 15) is 13.2 Å². The van der Waals surface area contributed by atoms with E-state index < -0.39 is 11.7 Å². The van der Waals surface area contributed by atoms with Crippen LogP contribution in [0.2, 0.25) is 5.02 Å². The summed E-state index contributed by atoms with van der Waals surface area (Å²) in [6, 6.07) is 6.68. The van der Waals surface area contributed by atoms with Crippen LogP contribution >= 0.6 is 39.7 Å². The normalized spacial score (nSPS) is 12.0. The summed E-state index contributed by atoms with van der Waals surface area (Å²) in [7, 11) is 1.34. The van der Waals surface area contributed by atoms with Gasteiger partial charge in [0, 0.05) is 16.2 Å². The first-order chi connectivity index (χ1) is 12.2. The molecule has 0 saturated heterocycles. The maximum absolute atomic E-state index is 13.1. The molecule has 0 aliphatic carbocycles. The highest BCUT2D eigenvalue weighted by atomic mass is 79.9. The summed E-state index contributed by atoms with van der Waals surface area (Å²) < 4.78 is 40.0.